The maximum atomic E-state index is 12.7. The van der Waals surface area contributed by atoms with E-state index in [0.717, 1.165) is 43.5 Å². The Morgan fingerprint density at radius 2 is 2.24 bits per heavy atom. The van der Waals surface area contributed by atoms with Gasteiger partial charge in [-0.3, -0.25) is 4.79 Å². The van der Waals surface area contributed by atoms with Crippen LogP contribution in [-0.2, 0) is 0 Å². The maximum Gasteiger partial charge on any atom is 0.293 e. The molecule has 0 saturated carbocycles. The highest BCUT2D eigenvalue weighted by Crippen LogP contribution is 2.37. The Morgan fingerprint density at radius 1 is 1.33 bits per heavy atom. The number of rotatable bonds is 1. The van der Waals surface area contributed by atoms with Gasteiger partial charge in [0, 0.05) is 25.0 Å². The van der Waals surface area contributed by atoms with Crippen molar-refractivity contribution in [1.82, 2.24) is 15.4 Å². The molecular formula is C16H19N3O2. The molecule has 2 aliphatic rings. The van der Waals surface area contributed by atoms with Gasteiger partial charge in [0.25, 0.3) is 5.91 Å². The van der Waals surface area contributed by atoms with E-state index in [1.807, 2.05) is 29.2 Å². The van der Waals surface area contributed by atoms with Gasteiger partial charge in [0.1, 0.15) is 5.52 Å². The smallest absolute Gasteiger partial charge is 0.293 e. The van der Waals surface area contributed by atoms with Gasteiger partial charge in [-0.2, -0.15) is 0 Å². The number of carbonyl (C=O) groups excluding carboxylic acids is 1. The second kappa shape index (κ2) is 4.84. The summed E-state index contributed by atoms with van der Waals surface area (Å²) in [7, 11) is 0. The Balaban J connectivity index is 1.58. The third-order valence-corrected chi connectivity index (χ3v) is 4.86. The van der Waals surface area contributed by atoms with Gasteiger partial charge in [0.15, 0.2) is 0 Å². The van der Waals surface area contributed by atoms with Crippen molar-refractivity contribution in [2.75, 3.05) is 26.2 Å². The van der Waals surface area contributed by atoms with Crippen molar-refractivity contribution < 1.29 is 9.32 Å². The molecule has 5 heteroatoms. The zero-order valence-electron chi connectivity index (χ0n) is 12.0. The summed E-state index contributed by atoms with van der Waals surface area (Å²) in [5, 5.41) is 8.26. The number of nitrogens with zero attached hydrogens (tertiary/aromatic N) is 2. The van der Waals surface area contributed by atoms with Crippen LogP contribution >= 0.6 is 0 Å². The molecule has 1 spiro atoms. The highest BCUT2D eigenvalue weighted by Gasteiger charge is 2.41. The Labute approximate surface area is 123 Å². The second-order valence-corrected chi connectivity index (χ2v) is 6.29. The summed E-state index contributed by atoms with van der Waals surface area (Å²) in [6.07, 6.45) is 3.49. The van der Waals surface area contributed by atoms with Crippen molar-refractivity contribution in [2.45, 2.75) is 19.3 Å². The van der Waals surface area contributed by atoms with E-state index in [4.69, 9.17) is 4.52 Å². The molecule has 1 aromatic heterocycles. The van der Waals surface area contributed by atoms with Crippen LogP contribution in [0, 0.1) is 5.41 Å². The Kier molecular flexibility index (Phi) is 2.96. The molecule has 110 valence electrons. The van der Waals surface area contributed by atoms with Gasteiger partial charge in [0.2, 0.25) is 5.76 Å². The van der Waals surface area contributed by atoms with Crippen LogP contribution in [0.3, 0.4) is 0 Å². The number of piperidine rings is 1. The number of amides is 1. The highest BCUT2D eigenvalue weighted by molar-refractivity contribution is 6.03. The predicted octanol–water partition coefficient (Wildman–Crippen LogP) is 2.04. The Bertz CT molecular complexity index is 673. The highest BCUT2D eigenvalue weighted by atomic mass is 16.5. The SMILES string of the molecule is O=C(c1onc2ccccc12)N1CCC2(CCCNC2)C1. The Hall–Kier alpha value is -1.88. The number of aromatic nitrogens is 1. The lowest BCUT2D eigenvalue weighted by Gasteiger charge is -2.33. The monoisotopic (exact) mass is 285 g/mol. The molecule has 4 rings (SSSR count). The van der Waals surface area contributed by atoms with Crippen LogP contribution in [0.4, 0.5) is 0 Å². The van der Waals surface area contributed by atoms with Gasteiger partial charge in [-0.25, -0.2) is 0 Å². The summed E-state index contributed by atoms with van der Waals surface area (Å²) in [5.41, 5.74) is 1.01. The molecule has 5 nitrogen and oxygen atoms in total. The maximum absolute atomic E-state index is 12.7. The fourth-order valence-corrected chi connectivity index (χ4v) is 3.67. The topological polar surface area (TPSA) is 58.4 Å². The molecule has 2 saturated heterocycles. The lowest BCUT2D eigenvalue weighted by molar-refractivity contribution is 0.0726. The summed E-state index contributed by atoms with van der Waals surface area (Å²) < 4.78 is 5.31. The average Bonchev–Trinajstić information content (AvgIpc) is 3.12. The van der Waals surface area contributed by atoms with Crippen molar-refractivity contribution in [1.29, 1.82) is 0 Å². The number of fused-ring (bicyclic) bond motifs is 1. The molecule has 2 fully saturated rings. The molecule has 0 aliphatic carbocycles. The second-order valence-electron chi connectivity index (χ2n) is 6.29. The zero-order chi connectivity index (χ0) is 14.3. The minimum Gasteiger partial charge on any atom is -0.350 e. The molecule has 2 aliphatic heterocycles. The first-order valence-corrected chi connectivity index (χ1v) is 7.62. The first-order chi connectivity index (χ1) is 10.3. The third-order valence-electron chi connectivity index (χ3n) is 4.86. The van der Waals surface area contributed by atoms with Gasteiger partial charge in [-0.15, -0.1) is 0 Å². The van der Waals surface area contributed by atoms with Crippen molar-refractivity contribution in [3.05, 3.63) is 30.0 Å². The zero-order valence-corrected chi connectivity index (χ0v) is 12.0. The van der Waals surface area contributed by atoms with Gasteiger partial charge in [-0.05, 0) is 37.9 Å². The van der Waals surface area contributed by atoms with Crippen molar-refractivity contribution in [3.63, 3.8) is 0 Å². The van der Waals surface area contributed by atoms with Crippen LogP contribution in [0.1, 0.15) is 29.8 Å². The summed E-state index contributed by atoms with van der Waals surface area (Å²) in [5.74, 6) is 0.359. The molecule has 3 heterocycles. The van der Waals surface area contributed by atoms with Crippen LogP contribution in [-0.4, -0.2) is 42.1 Å². The molecule has 1 aromatic carbocycles. The van der Waals surface area contributed by atoms with Gasteiger partial charge < -0.3 is 14.7 Å². The minimum absolute atomic E-state index is 0.0221. The number of likely N-dealkylation sites (tertiary alicyclic amines) is 1. The molecule has 1 unspecified atom stereocenters. The summed E-state index contributed by atoms with van der Waals surface area (Å²) >= 11 is 0. The van der Waals surface area contributed by atoms with Crippen LogP contribution in [0.25, 0.3) is 10.9 Å². The van der Waals surface area contributed by atoms with E-state index in [1.54, 1.807) is 0 Å². The largest absolute Gasteiger partial charge is 0.350 e. The van der Waals surface area contributed by atoms with Crippen molar-refractivity contribution >= 4 is 16.8 Å². The normalized spacial score (nSPS) is 25.8. The quantitative estimate of drug-likeness (QED) is 0.871. The number of carbonyl (C=O) groups is 1. The van der Waals surface area contributed by atoms with Crippen LogP contribution < -0.4 is 5.32 Å². The van der Waals surface area contributed by atoms with E-state index in [-0.39, 0.29) is 11.3 Å². The van der Waals surface area contributed by atoms with Gasteiger partial charge >= 0.3 is 0 Å². The van der Waals surface area contributed by atoms with Crippen LogP contribution in [0.2, 0.25) is 0 Å². The van der Waals surface area contributed by atoms with E-state index in [0.29, 0.717) is 5.76 Å². The number of hydrogen-bond acceptors (Lipinski definition) is 4. The lowest BCUT2D eigenvalue weighted by Crippen LogP contribution is -2.42. The minimum atomic E-state index is -0.0221. The molecule has 1 N–H and O–H groups in total. The fraction of sp³-hybridized carbons (Fsp3) is 0.500. The van der Waals surface area contributed by atoms with E-state index >= 15 is 0 Å². The number of hydrogen-bond donors (Lipinski definition) is 1. The molecular weight excluding hydrogens is 266 g/mol. The molecule has 2 aromatic rings. The molecule has 0 radical (unpaired) electrons. The van der Waals surface area contributed by atoms with E-state index < -0.39 is 0 Å². The van der Waals surface area contributed by atoms with Gasteiger partial charge in [0.05, 0.1) is 5.39 Å². The molecule has 1 atom stereocenters. The molecule has 0 bridgehead atoms. The number of nitrogens with one attached hydrogen (secondary N) is 1. The predicted molar refractivity (Wildman–Crippen MR) is 79.1 cm³/mol. The first-order valence-electron chi connectivity index (χ1n) is 7.62. The van der Waals surface area contributed by atoms with E-state index in [9.17, 15) is 4.79 Å². The molecule has 21 heavy (non-hydrogen) atoms. The van der Waals surface area contributed by atoms with Crippen LogP contribution in [0.15, 0.2) is 28.8 Å². The summed E-state index contributed by atoms with van der Waals surface area (Å²) in [4.78, 5) is 14.7. The van der Waals surface area contributed by atoms with Crippen molar-refractivity contribution in [3.8, 4) is 0 Å². The third kappa shape index (κ3) is 2.12. The molecule has 1 amide bonds. The van der Waals surface area contributed by atoms with E-state index in [1.165, 1.54) is 12.8 Å². The number of benzene rings is 1. The fourth-order valence-electron chi connectivity index (χ4n) is 3.67. The first kappa shape index (κ1) is 12.8. The van der Waals surface area contributed by atoms with E-state index in [2.05, 4.69) is 10.5 Å². The van der Waals surface area contributed by atoms with Crippen LogP contribution in [0.5, 0.6) is 0 Å². The van der Waals surface area contributed by atoms with Crippen molar-refractivity contribution in [2.24, 2.45) is 5.41 Å². The Morgan fingerprint density at radius 3 is 3.10 bits per heavy atom. The lowest BCUT2D eigenvalue weighted by atomic mass is 9.80. The standard InChI is InChI=1S/C16H19N3O2/c20-15(14-12-4-1-2-5-13(12)18-21-14)19-9-7-16(11-19)6-3-8-17-10-16/h1-2,4-5,17H,3,6-11H2. The summed E-state index contributed by atoms with van der Waals surface area (Å²) in [6.45, 7) is 3.76. The average molecular weight is 285 g/mol. The van der Waals surface area contributed by atoms with Gasteiger partial charge in [-0.1, -0.05) is 17.3 Å². The summed E-state index contributed by atoms with van der Waals surface area (Å²) in [6, 6.07) is 7.57.